The molecule has 2 heterocycles. The molecule has 11 nitrogen and oxygen atoms in total. The third kappa shape index (κ3) is 4.05. The molecule has 0 bridgehead atoms. The Morgan fingerprint density at radius 2 is 2.09 bits per heavy atom. The van der Waals surface area contributed by atoms with Gasteiger partial charge in [-0.1, -0.05) is 0 Å². The number of thiazole rings is 1. The van der Waals surface area contributed by atoms with Crippen molar-refractivity contribution in [3.05, 3.63) is 38.8 Å². The summed E-state index contributed by atoms with van der Waals surface area (Å²) in [5.41, 5.74) is -0.112. The lowest BCUT2D eigenvalue weighted by Crippen LogP contribution is -2.12. The Labute approximate surface area is 126 Å². The molecule has 22 heavy (non-hydrogen) atoms. The van der Waals surface area contributed by atoms with Crippen molar-refractivity contribution in [2.24, 2.45) is 0 Å². The number of nitrogens with one attached hydrogen (secondary N) is 1. The molecule has 0 fully saturated rings. The summed E-state index contributed by atoms with van der Waals surface area (Å²) in [6.07, 6.45) is 4.04. The molecule has 1 amide bonds. The summed E-state index contributed by atoms with van der Waals surface area (Å²) in [4.78, 5) is 35.2. The van der Waals surface area contributed by atoms with E-state index in [0.717, 1.165) is 23.7 Å². The number of rotatable bonds is 7. The van der Waals surface area contributed by atoms with Gasteiger partial charge in [0.15, 0.2) is 5.13 Å². The first-order valence-electron chi connectivity index (χ1n) is 6.02. The number of nitro groups is 2. The van der Waals surface area contributed by atoms with Gasteiger partial charge in [-0.15, -0.1) is 0 Å². The molecule has 0 unspecified atom stereocenters. The van der Waals surface area contributed by atoms with Crippen molar-refractivity contribution < 1.29 is 14.6 Å². The normalized spacial score (nSPS) is 10.4. The predicted octanol–water partition coefficient (Wildman–Crippen LogP) is 1.57. The van der Waals surface area contributed by atoms with Gasteiger partial charge in [-0.05, 0) is 17.8 Å². The lowest BCUT2D eigenvalue weighted by Gasteiger charge is -2.01. The summed E-state index contributed by atoms with van der Waals surface area (Å²) in [7, 11) is 0. The van der Waals surface area contributed by atoms with Crippen LogP contribution < -0.4 is 5.32 Å². The Balaban J connectivity index is 1.77. The molecule has 1 N–H and O–H groups in total. The van der Waals surface area contributed by atoms with E-state index in [1.165, 1.54) is 10.9 Å². The predicted molar refractivity (Wildman–Crippen MR) is 75.5 cm³/mol. The maximum atomic E-state index is 11.6. The van der Waals surface area contributed by atoms with Crippen LogP contribution in [0.4, 0.5) is 15.8 Å². The van der Waals surface area contributed by atoms with Gasteiger partial charge in [-0.2, -0.15) is 5.10 Å². The summed E-state index contributed by atoms with van der Waals surface area (Å²) >= 11 is 0.771. The maximum Gasteiger partial charge on any atom is 0.345 e. The Morgan fingerprint density at radius 3 is 2.68 bits per heavy atom. The summed E-state index contributed by atoms with van der Waals surface area (Å²) in [5.74, 6) is -0.342. The van der Waals surface area contributed by atoms with Gasteiger partial charge < -0.3 is 5.32 Å². The minimum Gasteiger partial charge on any atom is -0.302 e. The number of anilines is 1. The fourth-order valence-corrected chi connectivity index (χ4v) is 2.21. The van der Waals surface area contributed by atoms with Crippen LogP contribution in [-0.2, 0) is 11.3 Å². The van der Waals surface area contributed by atoms with Crippen LogP contribution in [0.5, 0.6) is 0 Å². The van der Waals surface area contributed by atoms with Crippen molar-refractivity contribution in [3.63, 3.8) is 0 Å². The Kier molecular flexibility index (Phi) is 4.73. The number of amides is 1. The number of nitrogens with zero attached hydrogens (tertiary/aromatic N) is 5. The summed E-state index contributed by atoms with van der Waals surface area (Å²) < 4.78 is 1.37. The first-order valence-corrected chi connectivity index (χ1v) is 6.84. The van der Waals surface area contributed by atoms with Gasteiger partial charge in [0, 0.05) is 13.0 Å². The fourth-order valence-electron chi connectivity index (χ4n) is 1.56. The number of carbonyl (C=O) groups is 1. The average Bonchev–Trinajstić information content (AvgIpc) is 3.07. The zero-order chi connectivity index (χ0) is 16.1. The summed E-state index contributed by atoms with van der Waals surface area (Å²) in [5, 5.41) is 27.2. The van der Waals surface area contributed by atoms with E-state index in [1.807, 2.05) is 0 Å². The van der Waals surface area contributed by atoms with Gasteiger partial charge in [-0.25, -0.2) is 4.98 Å². The highest BCUT2D eigenvalue weighted by Crippen LogP contribution is 2.24. The fraction of sp³-hybridized carbons (Fsp3) is 0.300. The molecule has 0 aliphatic carbocycles. The average molecular weight is 326 g/mol. The van der Waals surface area contributed by atoms with E-state index >= 15 is 0 Å². The quantitative estimate of drug-likeness (QED) is 0.600. The molecular formula is C10H10N6O5S. The van der Waals surface area contributed by atoms with E-state index in [9.17, 15) is 25.0 Å². The van der Waals surface area contributed by atoms with E-state index in [2.05, 4.69) is 15.4 Å². The third-order valence-corrected chi connectivity index (χ3v) is 3.41. The van der Waals surface area contributed by atoms with Crippen LogP contribution in [0.2, 0.25) is 0 Å². The number of hydrogen-bond acceptors (Lipinski definition) is 8. The molecule has 12 heteroatoms. The minimum absolute atomic E-state index is 0.112. The van der Waals surface area contributed by atoms with E-state index < -0.39 is 9.85 Å². The van der Waals surface area contributed by atoms with Crippen LogP contribution in [0.15, 0.2) is 18.6 Å². The third-order valence-electron chi connectivity index (χ3n) is 2.54. The van der Waals surface area contributed by atoms with Crippen LogP contribution in [0.3, 0.4) is 0 Å². The Bertz CT molecular complexity index is 710. The van der Waals surface area contributed by atoms with Crippen LogP contribution in [0, 0.1) is 20.2 Å². The molecule has 0 aromatic carbocycles. The molecule has 2 aromatic heterocycles. The zero-order valence-electron chi connectivity index (χ0n) is 11.0. The van der Waals surface area contributed by atoms with Crippen molar-refractivity contribution >= 4 is 33.1 Å². The number of hydrogen-bond donors (Lipinski definition) is 1. The first-order chi connectivity index (χ1) is 10.5. The highest BCUT2D eigenvalue weighted by Gasteiger charge is 2.13. The van der Waals surface area contributed by atoms with Crippen molar-refractivity contribution in [2.45, 2.75) is 19.4 Å². The maximum absolute atomic E-state index is 11.6. The molecule has 0 saturated carbocycles. The number of aryl methyl sites for hydroxylation is 1. The second kappa shape index (κ2) is 6.71. The largest absolute Gasteiger partial charge is 0.345 e. The SMILES string of the molecule is O=C(CCCn1cc([N+](=O)[O-])cn1)Nc1ncc([N+](=O)[O-])s1. The highest BCUT2D eigenvalue weighted by atomic mass is 32.1. The van der Waals surface area contributed by atoms with Crippen molar-refractivity contribution in [1.29, 1.82) is 0 Å². The molecule has 116 valence electrons. The molecule has 0 radical (unpaired) electrons. The van der Waals surface area contributed by atoms with Gasteiger partial charge in [0.1, 0.15) is 18.6 Å². The van der Waals surface area contributed by atoms with Gasteiger partial charge in [-0.3, -0.25) is 29.7 Å². The van der Waals surface area contributed by atoms with Crippen LogP contribution >= 0.6 is 11.3 Å². The van der Waals surface area contributed by atoms with E-state index in [0.29, 0.717) is 13.0 Å². The lowest BCUT2D eigenvalue weighted by atomic mass is 10.3. The molecular weight excluding hydrogens is 316 g/mol. The van der Waals surface area contributed by atoms with Gasteiger partial charge in [0.25, 0.3) is 0 Å². The molecule has 0 atom stereocenters. The highest BCUT2D eigenvalue weighted by molar-refractivity contribution is 7.18. The topological polar surface area (TPSA) is 146 Å². The molecule has 0 spiro atoms. The summed E-state index contributed by atoms with van der Waals surface area (Å²) in [6, 6.07) is 0. The van der Waals surface area contributed by atoms with Crippen molar-refractivity contribution in [3.8, 4) is 0 Å². The Hall–Kier alpha value is -2.89. The molecule has 2 aromatic rings. The lowest BCUT2D eigenvalue weighted by molar-refractivity contribution is -0.385. The van der Waals surface area contributed by atoms with Crippen molar-refractivity contribution in [1.82, 2.24) is 14.8 Å². The summed E-state index contributed by atoms with van der Waals surface area (Å²) in [6.45, 7) is 0.347. The van der Waals surface area contributed by atoms with E-state index in [1.54, 1.807) is 0 Å². The van der Waals surface area contributed by atoms with Crippen LogP contribution in [-0.4, -0.2) is 30.5 Å². The second-order valence-electron chi connectivity index (χ2n) is 4.13. The monoisotopic (exact) mass is 326 g/mol. The second-order valence-corrected chi connectivity index (χ2v) is 5.14. The van der Waals surface area contributed by atoms with Crippen LogP contribution in [0.1, 0.15) is 12.8 Å². The molecule has 0 aliphatic rings. The molecule has 0 saturated heterocycles. The first kappa shape index (κ1) is 15.5. The number of aromatic nitrogens is 3. The standard InChI is InChI=1S/C10H10N6O5S/c17-8(13-10-11-5-9(22-10)16(20)21)2-1-3-14-6-7(4-12-14)15(18)19/h4-6H,1-3H2,(H,11,13,17). The minimum atomic E-state index is -0.585. The zero-order valence-corrected chi connectivity index (χ0v) is 11.9. The van der Waals surface area contributed by atoms with Crippen molar-refractivity contribution in [2.75, 3.05) is 5.32 Å². The number of carbonyl (C=O) groups excluding carboxylic acids is 1. The van der Waals surface area contributed by atoms with Crippen LogP contribution in [0.25, 0.3) is 0 Å². The Morgan fingerprint density at radius 1 is 1.32 bits per heavy atom. The smallest absolute Gasteiger partial charge is 0.302 e. The van der Waals surface area contributed by atoms with E-state index in [-0.39, 0.29) is 28.1 Å². The van der Waals surface area contributed by atoms with E-state index in [4.69, 9.17) is 0 Å². The molecule has 2 rings (SSSR count). The van der Waals surface area contributed by atoms with Gasteiger partial charge >= 0.3 is 10.7 Å². The van der Waals surface area contributed by atoms with Gasteiger partial charge in [0.2, 0.25) is 5.91 Å². The molecule has 0 aliphatic heterocycles. The van der Waals surface area contributed by atoms with Gasteiger partial charge in [0.05, 0.1) is 9.85 Å².